The minimum atomic E-state index is -0.268. The second kappa shape index (κ2) is 16.9. The van der Waals surface area contributed by atoms with Crippen molar-refractivity contribution in [3.05, 3.63) is 294 Å². The first-order valence-corrected chi connectivity index (χ1v) is 26.6. The summed E-state index contributed by atoms with van der Waals surface area (Å²) in [6.07, 6.45) is 0. The number of fused-ring (bicyclic) bond motifs is 9. The molecule has 1 atom stereocenters. The van der Waals surface area contributed by atoms with Gasteiger partial charge in [0.25, 0.3) is 0 Å². The number of hydrogen-bond acceptors (Lipinski definition) is 1. The molecule has 11 aromatic rings. The van der Waals surface area contributed by atoms with Gasteiger partial charge in [0.15, 0.2) is 0 Å². The van der Waals surface area contributed by atoms with E-state index < -0.39 is 0 Å². The summed E-state index contributed by atoms with van der Waals surface area (Å²) in [5.74, 6) is 0. The monoisotopic (exact) mass is 959 g/mol. The van der Waals surface area contributed by atoms with Gasteiger partial charge in [-0.25, -0.2) is 0 Å². The van der Waals surface area contributed by atoms with Gasteiger partial charge in [0.05, 0.1) is 5.69 Å². The van der Waals surface area contributed by atoms with Crippen molar-refractivity contribution in [3.63, 3.8) is 0 Å². The maximum Gasteiger partial charge on any atom is 0.0540 e. The van der Waals surface area contributed by atoms with Gasteiger partial charge in [-0.05, 0) is 161 Å². The molecule has 0 amide bonds. The highest BCUT2D eigenvalue weighted by Crippen LogP contribution is 2.56. The van der Waals surface area contributed by atoms with Gasteiger partial charge >= 0.3 is 0 Å². The third-order valence-corrected chi connectivity index (χ3v) is 17.4. The molecule has 0 fully saturated rings. The number of rotatable bonds is 8. The fourth-order valence-electron chi connectivity index (χ4n) is 13.6. The molecule has 0 radical (unpaired) electrons. The van der Waals surface area contributed by atoms with Crippen molar-refractivity contribution in [2.75, 3.05) is 4.90 Å². The van der Waals surface area contributed by atoms with Gasteiger partial charge in [-0.2, -0.15) is 0 Å². The van der Waals surface area contributed by atoms with Gasteiger partial charge in [-0.15, -0.1) is 0 Å². The van der Waals surface area contributed by atoms with E-state index in [-0.39, 0.29) is 16.2 Å². The van der Waals surface area contributed by atoms with Crippen molar-refractivity contribution < 1.29 is 0 Å². The molecular formula is C74H57N. The van der Waals surface area contributed by atoms with Crippen molar-refractivity contribution in [3.8, 4) is 77.9 Å². The van der Waals surface area contributed by atoms with Crippen LogP contribution >= 0.6 is 0 Å². The molecule has 0 aromatic heterocycles. The van der Waals surface area contributed by atoms with Crippen LogP contribution in [0.4, 0.5) is 17.1 Å². The average molecular weight is 960 g/mol. The summed E-state index contributed by atoms with van der Waals surface area (Å²) in [6.45, 7) is 11.9. The summed E-state index contributed by atoms with van der Waals surface area (Å²) in [5.41, 5.74) is 30.1. The predicted octanol–water partition coefficient (Wildman–Crippen LogP) is 19.8. The Bertz CT molecular complexity index is 4060. The predicted molar refractivity (Wildman–Crippen MR) is 315 cm³/mol. The lowest BCUT2D eigenvalue weighted by molar-refractivity contribution is 0.660. The first-order valence-electron chi connectivity index (χ1n) is 26.6. The molecule has 0 saturated carbocycles. The van der Waals surface area contributed by atoms with Gasteiger partial charge in [0.1, 0.15) is 0 Å². The molecule has 14 rings (SSSR count). The molecule has 1 nitrogen and oxygen atoms in total. The van der Waals surface area contributed by atoms with Crippen molar-refractivity contribution >= 4 is 17.1 Å². The molecule has 0 spiro atoms. The van der Waals surface area contributed by atoms with E-state index in [1.54, 1.807) is 0 Å². The van der Waals surface area contributed by atoms with Gasteiger partial charge in [0, 0.05) is 33.2 Å². The van der Waals surface area contributed by atoms with Crippen molar-refractivity contribution in [2.24, 2.45) is 0 Å². The maximum absolute atomic E-state index is 2.46. The highest BCUT2D eigenvalue weighted by molar-refractivity contribution is 5.95. The Kier molecular flexibility index (Phi) is 10.1. The zero-order valence-corrected chi connectivity index (χ0v) is 43.2. The molecule has 358 valence electrons. The molecule has 11 aromatic carbocycles. The van der Waals surface area contributed by atoms with E-state index in [0.29, 0.717) is 0 Å². The Morgan fingerprint density at radius 1 is 0.253 bits per heavy atom. The van der Waals surface area contributed by atoms with Crippen LogP contribution in [0.3, 0.4) is 0 Å². The van der Waals surface area contributed by atoms with E-state index in [4.69, 9.17) is 0 Å². The molecule has 0 heterocycles. The second-order valence-electron chi connectivity index (χ2n) is 22.1. The molecule has 0 bridgehead atoms. The van der Waals surface area contributed by atoms with Gasteiger partial charge in [0.2, 0.25) is 0 Å². The Hall–Kier alpha value is -8.78. The van der Waals surface area contributed by atoms with Crippen LogP contribution in [0, 0.1) is 0 Å². The number of nitrogens with zero attached hydrogens (tertiary/aromatic N) is 1. The van der Waals surface area contributed by atoms with E-state index in [0.717, 1.165) is 17.1 Å². The van der Waals surface area contributed by atoms with Crippen molar-refractivity contribution in [1.82, 2.24) is 0 Å². The molecule has 0 aliphatic heterocycles. The Labute approximate surface area is 442 Å². The quantitative estimate of drug-likeness (QED) is 0.147. The molecule has 1 heteroatoms. The molecule has 3 aliphatic rings. The molecule has 0 N–H and O–H groups in total. The van der Waals surface area contributed by atoms with Crippen LogP contribution in [0.5, 0.6) is 0 Å². The standard InChI is InChI=1S/C74H57N/c1-72(2)65-30-15-11-25-58(65)61-45-39-51(47-68(61)72)56-23-14-18-33-70(56)75(53-40-34-48(35-41-53)50-38-44-62-59-26-13-17-32-67(59)74(5,69(62)46-50)52-20-7-6-8-21-52)54-42-36-49(37-43-54)55-22-9-10-24-57(55)63-28-19-29-64-60-27-12-16-31-66(60)73(3,4)71(63)64/h6-47H,1-5H3. The van der Waals surface area contributed by atoms with Crippen LogP contribution in [0.2, 0.25) is 0 Å². The number of para-hydroxylation sites is 1. The van der Waals surface area contributed by atoms with E-state index in [1.807, 2.05) is 0 Å². The van der Waals surface area contributed by atoms with Crippen LogP contribution < -0.4 is 4.90 Å². The van der Waals surface area contributed by atoms with E-state index in [1.165, 1.54) is 117 Å². The summed E-state index contributed by atoms with van der Waals surface area (Å²) >= 11 is 0. The third kappa shape index (κ3) is 6.77. The first-order chi connectivity index (χ1) is 36.6. The molecular weight excluding hydrogens is 903 g/mol. The zero-order valence-electron chi connectivity index (χ0n) is 43.2. The molecule has 0 saturated heterocycles. The summed E-state index contributed by atoms with van der Waals surface area (Å²) in [4.78, 5) is 2.46. The normalized spacial score (nSPS) is 15.8. The minimum absolute atomic E-state index is 0.114. The lowest BCUT2D eigenvalue weighted by Crippen LogP contribution is -2.22. The van der Waals surface area contributed by atoms with Crippen LogP contribution in [0.15, 0.2) is 255 Å². The highest BCUT2D eigenvalue weighted by Gasteiger charge is 2.41. The van der Waals surface area contributed by atoms with Gasteiger partial charge in [-0.3, -0.25) is 0 Å². The fraction of sp³-hybridized carbons (Fsp3) is 0.108. The summed E-state index contributed by atoms with van der Waals surface area (Å²) < 4.78 is 0. The summed E-state index contributed by atoms with van der Waals surface area (Å²) in [5, 5.41) is 0. The SMILES string of the molecule is CC1(C)c2ccccc2-c2ccc(-c3ccccc3N(c3ccc(-c4ccc5c(c4)C(C)(c4ccccc4)c4ccccc4-5)cc3)c3ccc(-c4ccccc4-c4cccc5c4C(C)(C)c4ccccc4-5)cc3)cc21. The molecule has 75 heavy (non-hydrogen) atoms. The minimum Gasteiger partial charge on any atom is -0.310 e. The smallest absolute Gasteiger partial charge is 0.0540 e. The third-order valence-electron chi connectivity index (χ3n) is 17.4. The van der Waals surface area contributed by atoms with Crippen LogP contribution in [0.25, 0.3) is 77.9 Å². The van der Waals surface area contributed by atoms with Crippen LogP contribution in [0.1, 0.15) is 73.6 Å². The Balaban J connectivity index is 0.883. The molecule has 1 unspecified atom stereocenters. The summed E-state index contributed by atoms with van der Waals surface area (Å²) in [7, 11) is 0. The topological polar surface area (TPSA) is 3.24 Å². The van der Waals surface area contributed by atoms with Crippen LogP contribution in [-0.4, -0.2) is 0 Å². The van der Waals surface area contributed by atoms with E-state index in [9.17, 15) is 0 Å². The lowest BCUT2D eigenvalue weighted by atomic mass is 9.74. The number of benzene rings is 11. The van der Waals surface area contributed by atoms with Crippen molar-refractivity contribution in [2.45, 2.75) is 50.9 Å². The lowest BCUT2D eigenvalue weighted by Gasteiger charge is -2.29. The van der Waals surface area contributed by atoms with E-state index in [2.05, 4.69) is 294 Å². The largest absolute Gasteiger partial charge is 0.310 e. The molecule has 3 aliphatic carbocycles. The number of anilines is 3. The second-order valence-corrected chi connectivity index (χ2v) is 22.1. The fourth-order valence-corrected chi connectivity index (χ4v) is 13.6. The highest BCUT2D eigenvalue weighted by atomic mass is 15.1. The number of hydrogen-bond donors (Lipinski definition) is 0. The van der Waals surface area contributed by atoms with Gasteiger partial charge < -0.3 is 4.90 Å². The van der Waals surface area contributed by atoms with Gasteiger partial charge in [-0.1, -0.05) is 240 Å². The first kappa shape index (κ1) is 44.9. The zero-order chi connectivity index (χ0) is 50.6. The average Bonchev–Trinajstić information content (AvgIpc) is 4.08. The van der Waals surface area contributed by atoms with Crippen molar-refractivity contribution in [1.29, 1.82) is 0 Å². The Morgan fingerprint density at radius 2 is 0.680 bits per heavy atom. The van der Waals surface area contributed by atoms with E-state index >= 15 is 0 Å². The maximum atomic E-state index is 2.46. The van der Waals surface area contributed by atoms with Crippen LogP contribution in [-0.2, 0) is 16.2 Å². The Morgan fingerprint density at radius 3 is 1.35 bits per heavy atom. The summed E-state index contributed by atoms with van der Waals surface area (Å²) in [6, 6.07) is 95.3.